The van der Waals surface area contributed by atoms with Crippen LogP contribution in [0, 0.1) is 6.92 Å². The number of hydrogen-bond acceptors (Lipinski definition) is 3. The molecule has 170 valence electrons. The summed E-state index contributed by atoms with van der Waals surface area (Å²) < 4.78 is 12.9. The van der Waals surface area contributed by atoms with E-state index in [9.17, 15) is 0 Å². The van der Waals surface area contributed by atoms with Crippen LogP contribution in [0.3, 0.4) is 0 Å². The van der Waals surface area contributed by atoms with Gasteiger partial charge in [-0.3, -0.25) is 0 Å². The van der Waals surface area contributed by atoms with E-state index in [4.69, 9.17) is 26.8 Å². The lowest BCUT2D eigenvalue weighted by molar-refractivity contribution is -0.0834. The fraction of sp³-hybridized carbons (Fsp3) is 0.357. The van der Waals surface area contributed by atoms with Crippen molar-refractivity contribution in [3.8, 4) is 0 Å². The lowest BCUT2D eigenvalue weighted by Crippen LogP contribution is -2.45. The van der Waals surface area contributed by atoms with Crippen LogP contribution in [0.2, 0.25) is 5.02 Å². The van der Waals surface area contributed by atoms with E-state index in [0.717, 1.165) is 16.7 Å². The van der Waals surface area contributed by atoms with Gasteiger partial charge in [-0.2, -0.15) is 0 Å². The maximum Gasteiger partial charge on any atom is 0.145 e. The third-order valence-electron chi connectivity index (χ3n) is 5.53. The molecule has 0 fully saturated rings. The van der Waals surface area contributed by atoms with E-state index >= 15 is 0 Å². The van der Waals surface area contributed by atoms with Gasteiger partial charge in [0.05, 0.1) is 24.4 Å². The Hall–Kier alpha value is -2.17. The number of halogens is 1. The van der Waals surface area contributed by atoms with Gasteiger partial charge < -0.3 is 15.2 Å². The topological polar surface area (TPSA) is 44.5 Å². The Morgan fingerprint density at radius 3 is 2.00 bits per heavy atom. The third kappa shape index (κ3) is 5.60. The summed E-state index contributed by atoms with van der Waals surface area (Å²) in [6, 6.07) is 26.1. The second-order valence-corrected chi connectivity index (χ2v) is 9.71. The van der Waals surface area contributed by atoms with Crippen LogP contribution in [-0.2, 0) is 15.1 Å². The zero-order valence-electron chi connectivity index (χ0n) is 19.6. The molecular weight excluding hydrogens is 418 g/mol. The molecule has 0 bridgehead atoms. The number of aryl methyl sites for hydroxylation is 1. The first kappa shape index (κ1) is 24.5. The maximum atomic E-state index is 6.82. The van der Waals surface area contributed by atoms with Gasteiger partial charge in [0.1, 0.15) is 5.60 Å². The molecule has 0 aromatic heterocycles. The van der Waals surface area contributed by atoms with E-state index in [1.807, 2.05) is 70.2 Å². The van der Waals surface area contributed by atoms with E-state index < -0.39 is 5.60 Å². The molecule has 3 aromatic carbocycles. The molecule has 0 saturated carbocycles. The monoisotopic (exact) mass is 451 g/mol. The summed E-state index contributed by atoms with van der Waals surface area (Å²) >= 11 is 6.77. The second-order valence-electron chi connectivity index (χ2n) is 9.30. The molecule has 0 spiro atoms. The molecule has 0 radical (unpaired) electrons. The van der Waals surface area contributed by atoms with Gasteiger partial charge in [-0.15, -0.1) is 0 Å². The molecule has 1 unspecified atom stereocenters. The summed E-state index contributed by atoms with van der Waals surface area (Å²) in [5.41, 5.74) is 9.41. The zero-order chi connectivity index (χ0) is 23.4. The van der Waals surface area contributed by atoms with Crippen LogP contribution in [0.5, 0.6) is 0 Å². The molecule has 3 atom stereocenters. The molecule has 0 amide bonds. The summed E-state index contributed by atoms with van der Waals surface area (Å²) in [4.78, 5) is 0. The summed E-state index contributed by atoms with van der Waals surface area (Å²) in [6.45, 7) is 10.5. The molecule has 3 aromatic rings. The lowest BCUT2D eigenvalue weighted by Gasteiger charge is -2.38. The summed E-state index contributed by atoms with van der Waals surface area (Å²) in [7, 11) is 0. The van der Waals surface area contributed by atoms with Gasteiger partial charge in [0.25, 0.3) is 0 Å². The van der Waals surface area contributed by atoms with Crippen molar-refractivity contribution in [1.29, 1.82) is 0 Å². The van der Waals surface area contributed by atoms with Crippen LogP contribution < -0.4 is 5.73 Å². The quantitative estimate of drug-likeness (QED) is 0.398. The molecule has 0 aliphatic heterocycles. The fourth-order valence-corrected chi connectivity index (χ4v) is 4.20. The van der Waals surface area contributed by atoms with Crippen molar-refractivity contribution >= 4 is 11.6 Å². The Morgan fingerprint density at radius 2 is 1.41 bits per heavy atom. The first-order valence-corrected chi connectivity index (χ1v) is 11.5. The summed E-state index contributed by atoms with van der Waals surface area (Å²) in [5, 5.41) is 0.643. The molecule has 0 aliphatic rings. The van der Waals surface area contributed by atoms with Crippen molar-refractivity contribution in [2.45, 2.75) is 58.0 Å². The Kier molecular flexibility index (Phi) is 7.79. The Labute approximate surface area is 197 Å². The highest BCUT2D eigenvalue weighted by atomic mass is 35.5. The first-order chi connectivity index (χ1) is 15.1. The number of nitrogens with two attached hydrogens (primary N) is 1. The van der Waals surface area contributed by atoms with Crippen molar-refractivity contribution in [2.75, 3.05) is 6.61 Å². The molecule has 0 heterocycles. The van der Waals surface area contributed by atoms with Crippen LogP contribution in [-0.4, -0.2) is 24.4 Å². The Bertz CT molecular complexity index is 998. The van der Waals surface area contributed by atoms with Crippen LogP contribution in [0.15, 0.2) is 78.9 Å². The van der Waals surface area contributed by atoms with Gasteiger partial charge in [0.2, 0.25) is 0 Å². The average Bonchev–Trinajstić information content (AvgIpc) is 2.75. The highest BCUT2D eigenvalue weighted by Crippen LogP contribution is 2.43. The van der Waals surface area contributed by atoms with Crippen molar-refractivity contribution in [2.24, 2.45) is 5.73 Å². The molecule has 2 N–H and O–H groups in total. The van der Waals surface area contributed by atoms with Crippen LogP contribution in [0.1, 0.15) is 49.9 Å². The predicted molar refractivity (Wildman–Crippen MR) is 133 cm³/mol. The van der Waals surface area contributed by atoms with E-state index in [2.05, 4.69) is 43.3 Å². The van der Waals surface area contributed by atoms with Gasteiger partial charge in [0.15, 0.2) is 0 Å². The average molecular weight is 452 g/mol. The van der Waals surface area contributed by atoms with E-state index in [1.54, 1.807) is 0 Å². The number of rotatable bonds is 8. The number of ether oxygens (including phenoxy) is 2. The predicted octanol–water partition coefficient (Wildman–Crippen LogP) is 6.49. The first-order valence-electron chi connectivity index (χ1n) is 11.1. The highest BCUT2D eigenvalue weighted by molar-refractivity contribution is 6.31. The lowest BCUT2D eigenvalue weighted by atomic mass is 9.79. The number of benzene rings is 3. The summed E-state index contributed by atoms with van der Waals surface area (Å²) in [5.74, 6) is 0. The van der Waals surface area contributed by atoms with Gasteiger partial charge in [-0.25, -0.2) is 0 Å². The Balaban J connectivity index is 2.11. The minimum absolute atomic E-state index is 0.173. The maximum absolute atomic E-state index is 6.82. The molecule has 0 saturated heterocycles. The van der Waals surface area contributed by atoms with Crippen molar-refractivity contribution < 1.29 is 9.47 Å². The molecule has 0 aliphatic carbocycles. The standard InChI is InChI=1S/C28H34ClNO2/c1-20-15-17-23(18-16-20)28(22-11-7-6-8-12-22,24-13-9-10-14-25(24)29)31-19-26(30)21(2)32-27(3,4)5/h6-18,21,26H,19,30H2,1-5H3/t21-,26-,28?/m1/s1. The number of hydrogen-bond donors (Lipinski definition) is 1. The van der Waals surface area contributed by atoms with E-state index in [0.29, 0.717) is 11.6 Å². The van der Waals surface area contributed by atoms with Gasteiger partial charge in [-0.05, 0) is 51.8 Å². The normalized spacial score (nSPS) is 15.7. The van der Waals surface area contributed by atoms with Crippen molar-refractivity contribution in [3.05, 3.63) is 106 Å². The fourth-order valence-electron chi connectivity index (χ4n) is 3.93. The van der Waals surface area contributed by atoms with E-state index in [-0.39, 0.29) is 17.7 Å². The molecule has 3 rings (SSSR count). The minimum Gasteiger partial charge on any atom is -0.371 e. The van der Waals surface area contributed by atoms with Gasteiger partial charge in [-0.1, -0.05) is 90.0 Å². The summed E-state index contributed by atoms with van der Waals surface area (Å²) in [6.07, 6.45) is -0.173. The van der Waals surface area contributed by atoms with Crippen molar-refractivity contribution in [1.82, 2.24) is 0 Å². The van der Waals surface area contributed by atoms with Crippen LogP contribution in [0.4, 0.5) is 0 Å². The van der Waals surface area contributed by atoms with Gasteiger partial charge in [0, 0.05) is 10.6 Å². The SMILES string of the molecule is Cc1ccc(C(OC[C@@H](N)[C@@H](C)OC(C)(C)C)(c2ccccc2)c2ccccc2Cl)cc1. The van der Waals surface area contributed by atoms with Gasteiger partial charge >= 0.3 is 0 Å². The molecule has 32 heavy (non-hydrogen) atoms. The van der Waals surface area contributed by atoms with Crippen LogP contribution in [0.25, 0.3) is 0 Å². The highest BCUT2D eigenvalue weighted by Gasteiger charge is 2.40. The second kappa shape index (κ2) is 10.2. The smallest absolute Gasteiger partial charge is 0.145 e. The zero-order valence-corrected chi connectivity index (χ0v) is 20.4. The minimum atomic E-state index is -0.910. The molecular formula is C28H34ClNO2. The Morgan fingerprint density at radius 1 is 0.844 bits per heavy atom. The third-order valence-corrected chi connectivity index (χ3v) is 5.86. The van der Waals surface area contributed by atoms with Crippen LogP contribution >= 0.6 is 11.6 Å². The molecule has 4 heteroatoms. The molecule has 3 nitrogen and oxygen atoms in total. The van der Waals surface area contributed by atoms with E-state index in [1.165, 1.54) is 5.56 Å². The van der Waals surface area contributed by atoms with Crippen molar-refractivity contribution in [3.63, 3.8) is 0 Å². The largest absolute Gasteiger partial charge is 0.371 e.